The fourth-order valence-electron chi connectivity index (χ4n) is 0.599. The van der Waals surface area contributed by atoms with Crippen LogP contribution in [0.4, 0.5) is 0 Å². The van der Waals surface area contributed by atoms with Gasteiger partial charge < -0.3 is 4.98 Å². The van der Waals surface area contributed by atoms with Crippen molar-refractivity contribution in [1.82, 2.24) is 9.97 Å². The predicted octanol–water partition coefficient (Wildman–Crippen LogP) is 1.83. The van der Waals surface area contributed by atoms with Crippen LogP contribution in [-0.4, -0.2) is 15.7 Å². The summed E-state index contributed by atoms with van der Waals surface area (Å²) in [4.78, 5) is 7.24. The summed E-state index contributed by atoms with van der Waals surface area (Å²) < 4.78 is 0. The second-order valence-corrected chi connectivity index (χ2v) is 3.06. The maximum Gasteiger partial charge on any atom is 0.165 e. The number of nitrogens with zero attached hydrogens (tertiary/aromatic N) is 1. The molecule has 1 aromatic heterocycles. The third-order valence-corrected chi connectivity index (χ3v) is 1.73. The van der Waals surface area contributed by atoms with Crippen LogP contribution < -0.4 is 0 Å². The number of aromatic nitrogens is 2. The summed E-state index contributed by atoms with van der Waals surface area (Å²) in [5.41, 5.74) is 1.13. The fourth-order valence-corrected chi connectivity index (χ4v) is 1.23. The summed E-state index contributed by atoms with van der Waals surface area (Å²) >= 11 is 1.73. The molecule has 1 rings (SSSR count). The molecule has 0 aliphatic rings. The molecule has 0 spiro atoms. The molecule has 9 heavy (non-hydrogen) atoms. The number of imidazole rings is 1. The maximum atomic E-state index is 4.11. The first-order valence-electron chi connectivity index (χ1n) is 2.97. The van der Waals surface area contributed by atoms with E-state index in [1.165, 1.54) is 0 Å². The lowest BCUT2D eigenvalue weighted by Gasteiger charge is -1.87. The van der Waals surface area contributed by atoms with E-state index in [2.05, 4.69) is 16.9 Å². The third kappa shape index (κ3) is 1.75. The van der Waals surface area contributed by atoms with Gasteiger partial charge in [-0.15, -0.1) is 0 Å². The van der Waals surface area contributed by atoms with Gasteiger partial charge in [-0.1, -0.05) is 18.7 Å². The Morgan fingerprint density at radius 1 is 1.78 bits per heavy atom. The van der Waals surface area contributed by atoms with Gasteiger partial charge in [-0.05, 0) is 12.7 Å². The summed E-state index contributed by atoms with van der Waals surface area (Å²) in [5.74, 6) is 1.08. The highest BCUT2D eigenvalue weighted by Crippen LogP contribution is 2.11. The highest BCUT2D eigenvalue weighted by atomic mass is 32.2. The molecule has 2 nitrogen and oxygen atoms in total. The Balaban J connectivity index is 2.61. The van der Waals surface area contributed by atoms with E-state index in [-0.39, 0.29) is 0 Å². The van der Waals surface area contributed by atoms with Crippen molar-refractivity contribution in [2.75, 3.05) is 5.75 Å². The van der Waals surface area contributed by atoms with Gasteiger partial charge in [-0.25, -0.2) is 4.98 Å². The Bertz CT molecular complexity index is 183. The number of aromatic amines is 1. The molecular weight excluding hydrogens is 132 g/mol. The van der Waals surface area contributed by atoms with E-state index >= 15 is 0 Å². The van der Waals surface area contributed by atoms with Crippen molar-refractivity contribution in [3.05, 3.63) is 11.9 Å². The van der Waals surface area contributed by atoms with E-state index < -0.39 is 0 Å². The van der Waals surface area contributed by atoms with E-state index in [0.717, 1.165) is 16.6 Å². The van der Waals surface area contributed by atoms with Crippen molar-refractivity contribution < 1.29 is 0 Å². The molecule has 1 heterocycles. The molecule has 50 valence electrons. The van der Waals surface area contributed by atoms with Gasteiger partial charge in [-0.2, -0.15) is 0 Å². The Morgan fingerprint density at radius 2 is 2.56 bits per heavy atom. The summed E-state index contributed by atoms with van der Waals surface area (Å²) in [6.45, 7) is 4.12. The molecule has 1 N–H and O–H groups in total. The lowest BCUT2D eigenvalue weighted by atomic mass is 10.6. The largest absolute Gasteiger partial charge is 0.337 e. The minimum absolute atomic E-state index is 1.02. The zero-order valence-corrected chi connectivity index (χ0v) is 6.46. The highest BCUT2D eigenvalue weighted by molar-refractivity contribution is 7.99. The van der Waals surface area contributed by atoms with Crippen LogP contribution in [0.3, 0.4) is 0 Å². The van der Waals surface area contributed by atoms with Gasteiger partial charge in [0.1, 0.15) is 0 Å². The lowest BCUT2D eigenvalue weighted by molar-refractivity contribution is 1.04. The minimum atomic E-state index is 1.02. The van der Waals surface area contributed by atoms with Crippen LogP contribution in [0.5, 0.6) is 0 Å². The zero-order chi connectivity index (χ0) is 6.69. The molecule has 0 atom stereocenters. The number of aryl methyl sites for hydroxylation is 1. The molecule has 1 aromatic rings. The SMILES string of the molecule is CCSc1ncc(C)[nH]1. The van der Waals surface area contributed by atoms with E-state index in [1.807, 2.05) is 13.1 Å². The first-order chi connectivity index (χ1) is 4.33. The number of thioether (sulfide) groups is 1. The summed E-state index contributed by atoms with van der Waals surface area (Å²) in [6, 6.07) is 0. The quantitative estimate of drug-likeness (QED) is 0.638. The van der Waals surface area contributed by atoms with Crippen molar-refractivity contribution in [2.24, 2.45) is 0 Å². The zero-order valence-electron chi connectivity index (χ0n) is 5.64. The van der Waals surface area contributed by atoms with Crippen molar-refractivity contribution in [3.8, 4) is 0 Å². The topological polar surface area (TPSA) is 28.7 Å². The molecular formula is C6H10N2S. The molecule has 0 saturated carbocycles. The van der Waals surface area contributed by atoms with Crippen LogP contribution >= 0.6 is 11.8 Å². The van der Waals surface area contributed by atoms with Crippen LogP contribution in [0.15, 0.2) is 11.4 Å². The van der Waals surface area contributed by atoms with Crippen molar-refractivity contribution >= 4 is 11.8 Å². The molecule has 3 heteroatoms. The average Bonchev–Trinajstić information content (AvgIpc) is 2.17. The number of hydrogen-bond donors (Lipinski definition) is 1. The molecule has 0 amide bonds. The standard InChI is InChI=1S/C6H10N2S/c1-3-9-6-7-4-5(2)8-6/h4H,3H2,1-2H3,(H,7,8). The first kappa shape index (κ1) is 6.68. The van der Waals surface area contributed by atoms with Crippen LogP contribution in [0.1, 0.15) is 12.6 Å². The smallest absolute Gasteiger partial charge is 0.165 e. The molecule has 0 fully saturated rings. The Kier molecular flexibility index (Phi) is 2.16. The number of rotatable bonds is 2. The predicted molar refractivity (Wildman–Crippen MR) is 39.7 cm³/mol. The van der Waals surface area contributed by atoms with E-state index in [4.69, 9.17) is 0 Å². The second kappa shape index (κ2) is 2.92. The first-order valence-corrected chi connectivity index (χ1v) is 3.96. The molecule has 0 saturated heterocycles. The normalized spacial score (nSPS) is 10.0. The molecule has 0 unspecified atom stereocenters. The van der Waals surface area contributed by atoms with Crippen molar-refractivity contribution in [1.29, 1.82) is 0 Å². The fraction of sp³-hybridized carbons (Fsp3) is 0.500. The number of hydrogen-bond acceptors (Lipinski definition) is 2. The summed E-state index contributed by atoms with van der Waals surface area (Å²) in [7, 11) is 0. The number of nitrogens with one attached hydrogen (secondary N) is 1. The van der Waals surface area contributed by atoms with Crippen molar-refractivity contribution in [2.45, 2.75) is 19.0 Å². The molecule has 0 bridgehead atoms. The van der Waals surface area contributed by atoms with Crippen LogP contribution in [0, 0.1) is 6.92 Å². The molecule has 0 aliphatic carbocycles. The third-order valence-electron chi connectivity index (χ3n) is 0.961. The van der Waals surface area contributed by atoms with Gasteiger partial charge in [0.15, 0.2) is 5.16 Å². The van der Waals surface area contributed by atoms with Gasteiger partial charge >= 0.3 is 0 Å². The Labute approximate surface area is 59.1 Å². The van der Waals surface area contributed by atoms with Gasteiger partial charge in [-0.3, -0.25) is 0 Å². The lowest BCUT2D eigenvalue weighted by Crippen LogP contribution is -1.74. The van der Waals surface area contributed by atoms with Gasteiger partial charge in [0.05, 0.1) is 0 Å². The van der Waals surface area contributed by atoms with Crippen LogP contribution in [0.2, 0.25) is 0 Å². The summed E-state index contributed by atoms with van der Waals surface area (Å²) in [5, 5.41) is 1.02. The summed E-state index contributed by atoms with van der Waals surface area (Å²) in [6.07, 6.45) is 1.85. The van der Waals surface area contributed by atoms with Crippen LogP contribution in [0.25, 0.3) is 0 Å². The van der Waals surface area contributed by atoms with Crippen molar-refractivity contribution in [3.63, 3.8) is 0 Å². The maximum absolute atomic E-state index is 4.11. The van der Waals surface area contributed by atoms with E-state index in [0.29, 0.717) is 0 Å². The van der Waals surface area contributed by atoms with E-state index in [1.54, 1.807) is 11.8 Å². The Morgan fingerprint density at radius 3 is 3.00 bits per heavy atom. The monoisotopic (exact) mass is 142 g/mol. The molecule has 0 aliphatic heterocycles. The minimum Gasteiger partial charge on any atom is -0.337 e. The van der Waals surface area contributed by atoms with Gasteiger partial charge in [0, 0.05) is 11.9 Å². The van der Waals surface area contributed by atoms with E-state index in [9.17, 15) is 0 Å². The van der Waals surface area contributed by atoms with Crippen LogP contribution in [-0.2, 0) is 0 Å². The highest BCUT2D eigenvalue weighted by Gasteiger charge is 1.93. The Hall–Kier alpha value is -0.440. The second-order valence-electron chi connectivity index (χ2n) is 1.80. The number of H-pyrrole nitrogens is 1. The van der Waals surface area contributed by atoms with Gasteiger partial charge in [0.25, 0.3) is 0 Å². The van der Waals surface area contributed by atoms with Gasteiger partial charge in [0.2, 0.25) is 0 Å². The molecule has 0 radical (unpaired) electrons. The average molecular weight is 142 g/mol. The molecule has 0 aromatic carbocycles.